The van der Waals surface area contributed by atoms with Crippen LogP contribution in [0.25, 0.3) is 11.6 Å². The number of halogens is 1. The van der Waals surface area contributed by atoms with Gasteiger partial charge in [0, 0.05) is 53.4 Å². The van der Waals surface area contributed by atoms with E-state index < -0.39 is 21.4 Å². The van der Waals surface area contributed by atoms with Gasteiger partial charge in [0.05, 0.1) is 21.8 Å². The maximum Gasteiger partial charge on any atom is 0.256 e. The van der Waals surface area contributed by atoms with Crippen LogP contribution < -0.4 is 10.6 Å². The van der Waals surface area contributed by atoms with Crippen LogP contribution in [0.15, 0.2) is 47.4 Å². The summed E-state index contributed by atoms with van der Waals surface area (Å²) in [5.74, 6) is -1.68. The fourth-order valence-electron chi connectivity index (χ4n) is 5.31. The van der Waals surface area contributed by atoms with E-state index in [0.29, 0.717) is 52.4 Å². The van der Waals surface area contributed by atoms with Crippen LogP contribution in [0.1, 0.15) is 66.1 Å². The number of benzene rings is 2. The Morgan fingerprint density at radius 1 is 1.07 bits per heavy atom. The van der Waals surface area contributed by atoms with Crippen molar-refractivity contribution in [2.45, 2.75) is 64.3 Å². The van der Waals surface area contributed by atoms with Crippen LogP contribution in [-0.2, 0) is 20.4 Å². The maximum atomic E-state index is 14.1. The topological polar surface area (TPSA) is 111 Å². The molecule has 1 aromatic heterocycles. The van der Waals surface area contributed by atoms with Gasteiger partial charge < -0.3 is 15.6 Å². The van der Waals surface area contributed by atoms with Gasteiger partial charge in [0.25, 0.3) is 11.8 Å². The highest BCUT2D eigenvalue weighted by molar-refractivity contribution is 7.90. The normalized spacial score (nSPS) is 14.3. The molecule has 0 saturated carbocycles. The summed E-state index contributed by atoms with van der Waals surface area (Å²) >= 11 is 0. The van der Waals surface area contributed by atoms with E-state index in [9.17, 15) is 22.4 Å². The van der Waals surface area contributed by atoms with Crippen LogP contribution in [0.3, 0.4) is 0 Å². The molecular weight excluding hydrogens is 543 g/mol. The molecule has 1 aliphatic rings. The van der Waals surface area contributed by atoms with Crippen molar-refractivity contribution in [2.75, 3.05) is 18.4 Å². The van der Waals surface area contributed by atoms with Gasteiger partial charge in [0.15, 0.2) is 9.84 Å². The van der Waals surface area contributed by atoms with Crippen molar-refractivity contribution < 1.29 is 22.4 Å². The number of hydrogen-bond acceptors (Lipinski definition) is 5. The lowest BCUT2D eigenvalue weighted by atomic mass is 10.0. The molecule has 1 aliphatic heterocycles. The lowest BCUT2D eigenvalue weighted by Crippen LogP contribution is -2.42. The number of amides is 2. The second-order valence-electron chi connectivity index (χ2n) is 10.9. The van der Waals surface area contributed by atoms with Crippen molar-refractivity contribution in [3.05, 3.63) is 81.9 Å². The highest BCUT2D eigenvalue weighted by atomic mass is 32.2. The molecule has 41 heavy (non-hydrogen) atoms. The molecule has 0 atom stereocenters. The molecule has 0 spiro atoms. The zero-order valence-corrected chi connectivity index (χ0v) is 25.1. The third-order valence-corrected chi connectivity index (χ3v) is 9.07. The predicted molar refractivity (Wildman–Crippen MR) is 160 cm³/mol. The Hall–Kier alpha value is -3.76. The largest absolute Gasteiger partial charge is 0.358 e. The number of aromatic nitrogens is 1. The number of aromatic amines is 1. The first-order valence-electron chi connectivity index (χ1n) is 13.7. The van der Waals surface area contributed by atoms with Gasteiger partial charge in [-0.1, -0.05) is 18.2 Å². The van der Waals surface area contributed by atoms with Gasteiger partial charge in [-0.05, 0) is 77.4 Å². The SMILES string of the molecule is Cc1[nH]c(C=C2C(=O)Nc3ccc(S(=O)(=O)Cc4ccccc4F)cc32)c(C)c1C(=O)NCCN(C(C)C)C(C)C. The second kappa shape index (κ2) is 12.0. The van der Waals surface area contributed by atoms with Crippen LogP contribution in [0.4, 0.5) is 10.1 Å². The minimum absolute atomic E-state index is 0.0156. The average Bonchev–Trinajstić information content (AvgIpc) is 3.36. The van der Waals surface area contributed by atoms with Crippen LogP contribution in [0.5, 0.6) is 0 Å². The molecule has 2 aromatic carbocycles. The van der Waals surface area contributed by atoms with E-state index >= 15 is 0 Å². The number of anilines is 1. The highest BCUT2D eigenvalue weighted by Crippen LogP contribution is 2.36. The van der Waals surface area contributed by atoms with Crippen molar-refractivity contribution >= 4 is 39.0 Å². The van der Waals surface area contributed by atoms with Crippen LogP contribution in [0.2, 0.25) is 0 Å². The fourth-order valence-corrected chi connectivity index (χ4v) is 6.69. The zero-order chi connectivity index (χ0) is 30.1. The summed E-state index contributed by atoms with van der Waals surface area (Å²) in [6.07, 6.45) is 1.63. The van der Waals surface area contributed by atoms with Crippen LogP contribution >= 0.6 is 0 Å². The molecule has 0 radical (unpaired) electrons. The summed E-state index contributed by atoms with van der Waals surface area (Å²) in [6.45, 7) is 13.3. The molecule has 4 rings (SSSR count). The number of carbonyl (C=O) groups is 2. The van der Waals surface area contributed by atoms with E-state index in [2.05, 4.69) is 48.2 Å². The zero-order valence-electron chi connectivity index (χ0n) is 24.3. The van der Waals surface area contributed by atoms with Crippen molar-refractivity contribution in [2.24, 2.45) is 0 Å². The minimum atomic E-state index is -3.89. The summed E-state index contributed by atoms with van der Waals surface area (Å²) in [7, 11) is -3.89. The molecule has 2 amide bonds. The molecule has 3 aromatic rings. The summed E-state index contributed by atoms with van der Waals surface area (Å²) in [5.41, 5.74) is 3.67. The molecule has 2 heterocycles. The molecule has 0 bridgehead atoms. The summed E-state index contributed by atoms with van der Waals surface area (Å²) in [5, 5.41) is 5.77. The number of carbonyl (C=O) groups excluding carboxylic acids is 2. The third-order valence-electron chi connectivity index (χ3n) is 7.41. The van der Waals surface area contributed by atoms with Crippen molar-refractivity contribution in [1.82, 2.24) is 15.2 Å². The lowest BCUT2D eigenvalue weighted by Gasteiger charge is -2.30. The highest BCUT2D eigenvalue weighted by Gasteiger charge is 2.28. The Balaban J connectivity index is 1.59. The van der Waals surface area contributed by atoms with Gasteiger partial charge in [-0.15, -0.1) is 0 Å². The minimum Gasteiger partial charge on any atom is -0.358 e. The number of nitrogens with one attached hydrogen (secondary N) is 3. The summed E-state index contributed by atoms with van der Waals surface area (Å²) in [6, 6.07) is 10.8. The van der Waals surface area contributed by atoms with Gasteiger partial charge in [-0.25, -0.2) is 12.8 Å². The Kier molecular flexibility index (Phi) is 8.84. The number of hydrogen-bond donors (Lipinski definition) is 3. The van der Waals surface area contributed by atoms with Gasteiger partial charge in [-0.2, -0.15) is 0 Å². The summed E-state index contributed by atoms with van der Waals surface area (Å²) in [4.78, 5) is 31.5. The molecule has 8 nitrogen and oxygen atoms in total. The van der Waals surface area contributed by atoms with E-state index in [0.717, 1.165) is 6.54 Å². The van der Waals surface area contributed by atoms with Crippen molar-refractivity contribution in [1.29, 1.82) is 0 Å². The molecule has 0 saturated heterocycles. The number of fused-ring (bicyclic) bond motifs is 1. The van der Waals surface area contributed by atoms with E-state index in [1.807, 2.05) is 6.92 Å². The molecule has 0 aliphatic carbocycles. The number of nitrogens with zero attached hydrogens (tertiary/aromatic N) is 1. The number of rotatable bonds is 10. The van der Waals surface area contributed by atoms with E-state index in [1.54, 1.807) is 19.1 Å². The van der Waals surface area contributed by atoms with E-state index in [1.165, 1.54) is 36.4 Å². The van der Waals surface area contributed by atoms with Gasteiger partial charge in [0.1, 0.15) is 5.82 Å². The molecule has 218 valence electrons. The molecular formula is C31H37FN4O4S. The Morgan fingerprint density at radius 2 is 1.76 bits per heavy atom. The van der Waals surface area contributed by atoms with Gasteiger partial charge in [0.2, 0.25) is 0 Å². The van der Waals surface area contributed by atoms with Gasteiger partial charge in [-0.3, -0.25) is 14.5 Å². The first-order valence-corrected chi connectivity index (χ1v) is 15.3. The monoisotopic (exact) mass is 580 g/mol. The van der Waals surface area contributed by atoms with E-state index in [4.69, 9.17) is 0 Å². The predicted octanol–water partition coefficient (Wildman–Crippen LogP) is 5.09. The number of aryl methyl sites for hydroxylation is 1. The molecule has 0 fully saturated rings. The first-order chi connectivity index (χ1) is 19.3. The quantitative estimate of drug-likeness (QED) is 0.290. The third kappa shape index (κ3) is 6.44. The van der Waals surface area contributed by atoms with Crippen molar-refractivity contribution in [3.8, 4) is 0 Å². The fraction of sp³-hybridized carbons (Fsp3) is 0.355. The van der Waals surface area contributed by atoms with Gasteiger partial charge >= 0.3 is 0 Å². The van der Waals surface area contributed by atoms with E-state index in [-0.39, 0.29) is 27.8 Å². The lowest BCUT2D eigenvalue weighted by molar-refractivity contribution is -0.110. The Labute approximate surface area is 241 Å². The average molecular weight is 581 g/mol. The molecule has 0 unspecified atom stereocenters. The first kappa shape index (κ1) is 30.2. The van der Waals surface area contributed by atoms with Crippen LogP contribution in [0, 0.1) is 19.7 Å². The Morgan fingerprint density at radius 3 is 2.41 bits per heavy atom. The maximum absolute atomic E-state index is 14.1. The van der Waals surface area contributed by atoms with Crippen LogP contribution in [-0.4, -0.2) is 55.3 Å². The smallest absolute Gasteiger partial charge is 0.256 e. The standard InChI is InChI=1S/C31H37FN4O4S/c1-18(2)36(19(3)4)14-13-33-31(38)29-20(5)28(34-21(29)6)16-25-24-15-23(11-12-27(24)35-30(25)37)41(39,40)17-22-9-7-8-10-26(22)32/h7-12,15-16,18-19,34H,13-14,17H2,1-6H3,(H,33,38)(H,35,37). The molecule has 10 heteroatoms. The second-order valence-corrected chi connectivity index (χ2v) is 12.9. The number of H-pyrrole nitrogens is 1. The molecule has 3 N–H and O–H groups in total. The van der Waals surface area contributed by atoms with Crippen molar-refractivity contribution in [3.63, 3.8) is 0 Å². The summed E-state index contributed by atoms with van der Waals surface area (Å²) < 4.78 is 40.4. The Bertz CT molecular complexity index is 1610. The number of sulfone groups is 1.